The van der Waals surface area contributed by atoms with Gasteiger partial charge in [0.15, 0.2) is 0 Å². The fraction of sp³-hybridized carbons (Fsp3) is 0.615. The van der Waals surface area contributed by atoms with E-state index in [1.54, 1.807) is 6.07 Å². The molecule has 0 bridgehead atoms. The van der Waals surface area contributed by atoms with E-state index in [1.807, 2.05) is 10.8 Å². The van der Waals surface area contributed by atoms with Gasteiger partial charge in [0.25, 0.3) is 0 Å². The van der Waals surface area contributed by atoms with E-state index >= 15 is 0 Å². The minimum Gasteiger partial charge on any atom is -0.477 e. The van der Waals surface area contributed by atoms with Crippen LogP contribution in [0.1, 0.15) is 29.8 Å². The molecule has 2 rings (SSSR count). The molecule has 0 aromatic carbocycles. The Bertz CT molecular complexity index is 423. The summed E-state index contributed by atoms with van der Waals surface area (Å²) in [5.74, 6) is -0.131. The van der Waals surface area contributed by atoms with Crippen molar-refractivity contribution in [3.05, 3.63) is 22.4 Å². The molecular weight excluding hydrogens is 296 g/mol. The zero-order chi connectivity index (χ0) is 13.1. The Morgan fingerprint density at radius 2 is 2.17 bits per heavy atom. The summed E-state index contributed by atoms with van der Waals surface area (Å²) in [5, 5.41) is 9.10. The zero-order valence-corrected chi connectivity index (χ0v) is 12.2. The number of rotatable bonds is 4. The molecule has 2 heterocycles. The smallest absolute Gasteiger partial charge is 0.352 e. The fourth-order valence-electron chi connectivity index (χ4n) is 2.51. The van der Waals surface area contributed by atoms with Crippen LogP contribution in [-0.4, -0.2) is 40.7 Å². The number of aromatic nitrogens is 1. The molecule has 0 radical (unpaired) electrons. The Morgan fingerprint density at radius 3 is 2.78 bits per heavy atom. The van der Waals surface area contributed by atoms with Gasteiger partial charge in [-0.3, -0.25) is 0 Å². The fourth-order valence-corrected chi connectivity index (χ4v) is 2.98. The first kappa shape index (κ1) is 13.6. The molecule has 0 atom stereocenters. The Balaban J connectivity index is 1.92. The van der Waals surface area contributed by atoms with E-state index in [0.29, 0.717) is 5.69 Å². The van der Waals surface area contributed by atoms with Gasteiger partial charge in [-0.2, -0.15) is 0 Å². The van der Waals surface area contributed by atoms with E-state index in [1.165, 1.54) is 12.8 Å². The molecule has 0 spiro atoms. The van der Waals surface area contributed by atoms with E-state index in [2.05, 4.69) is 27.9 Å². The molecular formula is C13H19BrN2O2. The van der Waals surface area contributed by atoms with Crippen LogP contribution in [0.2, 0.25) is 0 Å². The lowest BCUT2D eigenvalue weighted by Gasteiger charge is -2.29. The highest BCUT2D eigenvalue weighted by atomic mass is 79.9. The molecule has 100 valence electrons. The normalized spacial score (nSPS) is 18.1. The highest BCUT2D eigenvalue weighted by Gasteiger charge is 2.18. The largest absolute Gasteiger partial charge is 0.477 e. The number of piperidine rings is 1. The van der Waals surface area contributed by atoms with Crippen LogP contribution in [-0.2, 0) is 6.54 Å². The van der Waals surface area contributed by atoms with Crippen molar-refractivity contribution in [2.75, 3.05) is 20.1 Å². The van der Waals surface area contributed by atoms with Crippen LogP contribution in [0.4, 0.5) is 0 Å². The van der Waals surface area contributed by atoms with Crippen molar-refractivity contribution in [3.8, 4) is 0 Å². The monoisotopic (exact) mass is 314 g/mol. The van der Waals surface area contributed by atoms with Crippen molar-refractivity contribution in [2.24, 2.45) is 5.92 Å². The average molecular weight is 315 g/mol. The van der Waals surface area contributed by atoms with Gasteiger partial charge in [0.2, 0.25) is 0 Å². The van der Waals surface area contributed by atoms with Crippen molar-refractivity contribution in [1.29, 1.82) is 0 Å². The number of hydrogen-bond donors (Lipinski definition) is 1. The molecule has 18 heavy (non-hydrogen) atoms. The molecule has 0 amide bonds. The lowest BCUT2D eigenvalue weighted by molar-refractivity contribution is 0.0684. The number of aryl methyl sites for hydroxylation is 1. The second-order valence-electron chi connectivity index (χ2n) is 5.08. The number of carbonyl (C=O) groups is 1. The van der Waals surface area contributed by atoms with E-state index in [0.717, 1.165) is 36.4 Å². The maximum Gasteiger partial charge on any atom is 0.352 e. The van der Waals surface area contributed by atoms with Gasteiger partial charge in [-0.1, -0.05) is 0 Å². The topological polar surface area (TPSA) is 45.5 Å². The minimum atomic E-state index is -0.857. The van der Waals surface area contributed by atoms with Crippen LogP contribution in [0.15, 0.2) is 16.7 Å². The summed E-state index contributed by atoms with van der Waals surface area (Å²) in [6, 6.07) is 1.66. The number of carboxylic acid groups (broad SMARTS) is 1. The number of halogens is 1. The van der Waals surface area contributed by atoms with Crippen molar-refractivity contribution >= 4 is 21.9 Å². The van der Waals surface area contributed by atoms with Crippen LogP contribution >= 0.6 is 15.9 Å². The van der Waals surface area contributed by atoms with E-state index in [4.69, 9.17) is 5.11 Å². The molecule has 4 nitrogen and oxygen atoms in total. The lowest BCUT2D eigenvalue weighted by atomic mass is 9.94. The van der Waals surface area contributed by atoms with Gasteiger partial charge in [-0.25, -0.2) is 4.79 Å². The first-order valence-corrected chi connectivity index (χ1v) is 7.13. The molecule has 1 aromatic heterocycles. The molecule has 1 N–H and O–H groups in total. The van der Waals surface area contributed by atoms with Gasteiger partial charge in [-0.15, -0.1) is 0 Å². The molecule has 5 heteroatoms. The van der Waals surface area contributed by atoms with Crippen LogP contribution in [0, 0.1) is 5.92 Å². The molecule has 0 aliphatic carbocycles. The van der Waals surface area contributed by atoms with Gasteiger partial charge >= 0.3 is 5.97 Å². The second-order valence-corrected chi connectivity index (χ2v) is 5.99. The molecule has 0 saturated carbocycles. The lowest BCUT2D eigenvalue weighted by Crippen LogP contribution is -2.30. The summed E-state index contributed by atoms with van der Waals surface area (Å²) < 4.78 is 2.67. The number of hydrogen-bond acceptors (Lipinski definition) is 2. The Morgan fingerprint density at radius 1 is 1.50 bits per heavy atom. The Labute approximate surface area is 116 Å². The average Bonchev–Trinajstić information content (AvgIpc) is 2.70. The minimum absolute atomic E-state index is 0.370. The van der Waals surface area contributed by atoms with Gasteiger partial charge in [0, 0.05) is 17.2 Å². The first-order valence-electron chi connectivity index (χ1n) is 6.34. The first-order chi connectivity index (χ1) is 8.56. The standard InChI is InChI=1S/C13H19BrN2O2/c1-15-5-2-10(3-6-15)4-7-16-9-11(14)8-12(16)13(17)18/h8-10H,2-7H2,1H3,(H,17,18). The summed E-state index contributed by atoms with van der Waals surface area (Å²) in [5.41, 5.74) is 0.370. The third kappa shape index (κ3) is 3.36. The van der Waals surface area contributed by atoms with Gasteiger partial charge < -0.3 is 14.6 Å². The Kier molecular flexibility index (Phi) is 4.45. The summed E-state index contributed by atoms with van der Waals surface area (Å²) in [6.07, 6.45) is 5.37. The van der Waals surface area contributed by atoms with Gasteiger partial charge in [0.05, 0.1) is 0 Å². The summed E-state index contributed by atoms with van der Waals surface area (Å²) in [7, 11) is 2.15. The number of aromatic carboxylic acids is 1. The van der Waals surface area contributed by atoms with Crippen molar-refractivity contribution in [2.45, 2.75) is 25.8 Å². The molecule has 1 aliphatic heterocycles. The maximum atomic E-state index is 11.1. The van der Waals surface area contributed by atoms with Crippen LogP contribution < -0.4 is 0 Å². The SMILES string of the molecule is CN1CCC(CCn2cc(Br)cc2C(=O)O)CC1. The summed E-state index contributed by atoms with van der Waals surface area (Å²) >= 11 is 3.33. The summed E-state index contributed by atoms with van der Waals surface area (Å²) in [6.45, 7) is 3.11. The molecule has 1 fully saturated rings. The van der Waals surface area contributed by atoms with Crippen molar-refractivity contribution in [3.63, 3.8) is 0 Å². The van der Waals surface area contributed by atoms with Crippen LogP contribution in [0.25, 0.3) is 0 Å². The predicted molar refractivity (Wildman–Crippen MR) is 73.9 cm³/mol. The van der Waals surface area contributed by atoms with E-state index in [-0.39, 0.29) is 0 Å². The van der Waals surface area contributed by atoms with Crippen LogP contribution in [0.3, 0.4) is 0 Å². The Hall–Kier alpha value is -0.810. The number of carboxylic acids is 1. The number of likely N-dealkylation sites (tertiary alicyclic amines) is 1. The third-order valence-electron chi connectivity index (χ3n) is 3.70. The summed E-state index contributed by atoms with van der Waals surface area (Å²) in [4.78, 5) is 13.4. The van der Waals surface area contributed by atoms with E-state index in [9.17, 15) is 4.79 Å². The quantitative estimate of drug-likeness (QED) is 0.929. The number of nitrogens with zero attached hydrogens (tertiary/aromatic N) is 2. The second kappa shape index (κ2) is 5.89. The van der Waals surface area contributed by atoms with Gasteiger partial charge in [0.1, 0.15) is 5.69 Å². The molecule has 1 aromatic rings. The van der Waals surface area contributed by atoms with Crippen LogP contribution in [0.5, 0.6) is 0 Å². The van der Waals surface area contributed by atoms with Gasteiger partial charge in [-0.05, 0) is 67.3 Å². The molecule has 1 saturated heterocycles. The van der Waals surface area contributed by atoms with E-state index < -0.39 is 5.97 Å². The maximum absolute atomic E-state index is 11.1. The third-order valence-corrected chi connectivity index (χ3v) is 4.13. The highest BCUT2D eigenvalue weighted by molar-refractivity contribution is 9.10. The molecule has 0 unspecified atom stereocenters. The van der Waals surface area contributed by atoms with Crippen molar-refractivity contribution < 1.29 is 9.90 Å². The molecule has 1 aliphatic rings. The van der Waals surface area contributed by atoms with Crippen molar-refractivity contribution in [1.82, 2.24) is 9.47 Å². The highest BCUT2D eigenvalue weighted by Crippen LogP contribution is 2.22. The zero-order valence-electron chi connectivity index (χ0n) is 10.6. The predicted octanol–water partition coefficient (Wildman–Crippen LogP) is 2.68.